The van der Waals surface area contributed by atoms with Crippen LogP contribution in [0.2, 0.25) is 0 Å². The van der Waals surface area contributed by atoms with E-state index in [0.29, 0.717) is 17.7 Å². The van der Waals surface area contributed by atoms with E-state index < -0.39 is 23.6 Å². The average molecular weight is 340 g/mol. The summed E-state index contributed by atoms with van der Waals surface area (Å²) in [6.07, 6.45) is -3.41. The van der Waals surface area contributed by atoms with Gasteiger partial charge in [0, 0.05) is 37.5 Å². The number of halogens is 3. The molecule has 0 saturated carbocycles. The molecule has 2 aromatic rings. The summed E-state index contributed by atoms with van der Waals surface area (Å²) in [6.45, 7) is 0.222. The number of rotatable bonds is 2. The summed E-state index contributed by atoms with van der Waals surface area (Å²) in [5, 5.41) is 14.7. The van der Waals surface area contributed by atoms with Crippen molar-refractivity contribution in [1.29, 1.82) is 0 Å². The van der Waals surface area contributed by atoms with Crippen molar-refractivity contribution in [2.75, 3.05) is 6.54 Å². The summed E-state index contributed by atoms with van der Waals surface area (Å²) in [7, 11) is 0. The number of H-pyrrole nitrogens is 1. The first kappa shape index (κ1) is 16.0. The van der Waals surface area contributed by atoms with Crippen LogP contribution in [0.5, 0.6) is 0 Å². The lowest BCUT2D eigenvalue weighted by molar-refractivity contribution is -0.137. The van der Waals surface area contributed by atoms with E-state index in [-0.39, 0.29) is 24.5 Å². The number of aromatic nitrogens is 3. The first-order valence-electron chi connectivity index (χ1n) is 6.88. The molecule has 2 N–H and O–H groups in total. The fourth-order valence-electron chi connectivity index (χ4n) is 2.46. The van der Waals surface area contributed by atoms with Crippen LogP contribution in [0.15, 0.2) is 18.3 Å². The van der Waals surface area contributed by atoms with Crippen LogP contribution in [0.25, 0.3) is 0 Å². The molecule has 1 amide bonds. The molecular weight excluding hydrogens is 329 g/mol. The molecule has 0 atom stereocenters. The highest BCUT2D eigenvalue weighted by Crippen LogP contribution is 2.31. The summed E-state index contributed by atoms with van der Waals surface area (Å²) >= 11 is 0. The van der Waals surface area contributed by atoms with Crippen molar-refractivity contribution in [3.05, 3.63) is 46.5 Å². The zero-order valence-electron chi connectivity index (χ0n) is 12.1. The van der Waals surface area contributed by atoms with E-state index in [4.69, 9.17) is 5.11 Å². The van der Waals surface area contributed by atoms with Crippen LogP contribution in [0.3, 0.4) is 0 Å². The smallest absolute Gasteiger partial charge is 0.417 e. The Morgan fingerprint density at radius 2 is 2.04 bits per heavy atom. The van der Waals surface area contributed by atoms with Gasteiger partial charge in [0.25, 0.3) is 5.91 Å². The van der Waals surface area contributed by atoms with Gasteiger partial charge in [0.05, 0.1) is 5.56 Å². The van der Waals surface area contributed by atoms with E-state index in [1.165, 1.54) is 4.90 Å². The second-order valence-electron chi connectivity index (χ2n) is 5.28. The zero-order valence-corrected chi connectivity index (χ0v) is 12.1. The maximum atomic E-state index is 12.8. The third-order valence-electron chi connectivity index (χ3n) is 3.68. The molecule has 1 aliphatic heterocycles. The van der Waals surface area contributed by atoms with Crippen LogP contribution < -0.4 is 0 Å². The quantitative estimate of drug-likeness (QED) is 0.867. The number of carboxylic acid groups (broad SMARTS) is 1. The van der Waals surface area contributed by atoms with E-state index in [9.17, 15) is 22.8 Å². The van der Waals surface area contributed by atoms with Gasteiger partial charge in [-0.1, -0.05) is 0 Å². The highest BCUT2D eigenvalue weighted by Gasteiger charge is 2.33. The lowest BCUT2D eigenvalue weighted by Crippen LogP contribution is -2.36. The summed E-state index contributed by atoms with van der Waals surface area (Å²) in [4.78, 5) is 28.3. The molecule has 0 bridgehead atoms. The Labute approximate surface area is 133 Å². The minimum Gasteiger partial charge on any atom is -0.477 e. The number of carbonyl (C=O) groups is 2. The predicted octanol–water partition coefficient (Wildman–Crippen LogP) is 1.72. The Morgan fingerprint density at radius 1 is 1.29 bits per heavy atom. The zero-order chi connectivity index (χ0) is 17.5. The molecule has 0 saturated heterocycles. The number of nitrogens with zero attached hydrogens (tertiary/aromatic N) is 3. The molecule has 0 spiro atoms. The van der Waals surface area contributed by atoms with Crippen molar-refractivity contribution in [2.45, 2.75) is 19.1 Å². The largest absolute Gasteiger partial charge is 0.477 e. The number of pyridine rings is 1. The van der Waals surface area contributed by atoms with Crippen molar-refractivity contribution >= 4 is 11.9 Å². The SMILES string of the molecule is O=C(O)c1cc(C(=O)N2CCc3ncc(C(F)(F)F)cc3C2)n[nH]1. The maximum absolute atomic E-state index is 12.8. The van der Waals surface area contributed by atoms with Gasteiger partial charge in [0.15, 0.2) is 5.69 Å². The normalized spacial score (nSPS) is 14.4. The van der Waals surface area contributed by atoms with E-state index >= 15 is 0 Å². The minimum atomic E-state index is -4.51. The summed E-state index contributed by atoms with van der Waals surface area (Å²) in [6, 6.07) is 2.07. The van der Waals surface area contributed by atoms with E-state index in [1.807, 2.05) is 0 Å². The maximum Gasteiger partial charge on any atom is 0.417 e. The number of aromatic amines is 1. The topological polar surface area (TPSA) is 99.2 Å². The van der Waals surface area contributed by atoms with E-state index in [1.54, 1.807) is 0 Å². The van der Waals surface area contributed by atoms with Crippen LogP contribution >= 0.6 is 0 Å². The van der Waals surface area contributed by atoms with Crippen LogP contribution in [-0.4, -0.2) is 43.6 Å². The molecule has 126 valence electrons. The molecule has 7 nitrogen and oxygen atoms in total. The van der Waals surface area contributed by atoms with Crippen molar-refractivity contribution in [1.82, 2.24) is 20.1 Å². The molecule has 2 aromatic heterocycles. The molecule has 3 heterocycles. The average Bonchev–Trinajstić information content (AvgIpc) is 3.02. The Bertz CT molecular complexity index is 816. The number of hydrogen-bond acceptors (Lipinski definition) is 4. The highest BCUT2D eigenvalue weighted by atomic mass is 19.4. The third kappa shape index (κ3) is 2.94. The van der Waals surface area contributed by atoms with Gasteiger partial charge < -0.3 is 10.0 Å². The van der Waals surface area contributed by atoms with Crippen LogP contribution in [0.4, 0.5) is 13.2 Å². The number of fused-ring (bicyclic) bond motifs is 1. The van der Waals surface area contributed by atoms with Gasteiger partial charge in [-0.3, -0.25) is 14.9 Å². The Morgan fingerprint density at radius 3 is 2.67 bits per heavy atom. The molecule has 24 heavy (non-hydrogen) atoms. The number of amides is 1. The molecule has 10 heteroatoms. The second kappa shape index (κ2) is 5.62. The summed E-state index contributed by atoms with van der Waals surface area (Å²) in [5.74, 6) is -1.81. The number of carbonyl (C=O) groups excluding carboxylic acids is 1. The molecule has 0 unspecified atom stereocenters. The van der Waals surface area contributed by atoms with Gasteiger partial charge in [-0.05, 0) is 11.6 Å². The molecule has 0 radical (unpaired) electrons. The van der Waals surface area contributed by atoms with Crippen molar-refractivity contribution < 1.29 is 27.9 Å². The van der Waals surface area contributed by atoms with Gasteiger partial charge in [-0.25, -0.2) is 4.79 Å². The third-order valence-corrected chi connectivity index (χ3v) is 3.68. The monoisotopic (exact) mass is 340 g/mol. The predicted molar refractivity (Wildman–Crippen MR) is 73.2 cm³/mol. The van der Waals surface area contributed by atoms with E-state index in [2.05, 4.69) is 15.2 Å². The Kier molecular flexibility index (Phi) is 3.74. The van der Waals surface area contributed by atoms with Crippen LogP contribution in [-0.2, 0) is 19.1 Å². The van der Waals surface area contributed by atoms with Crippen LogP contribution in [0.1, 0.15) is 37.8 Å². The fourth-order valence-corrected chi connectivity index (χ4v) is 2.46. The number of nitrogens with one attached hydrogen (secondary N) is 1. The lowest BCUT2D eigenvalue weighted by atomic mass is 10.0. The highest BCUT2D eigenvalue weighted by molar-refractivity contribution is 5.95. The fraction of sp³-hybridized carbons (Fsp3) is 0.286. The Hall–Kier alpha value is -2.91. The number of alkyl halides is 3. The number of carboxylic acids is 1. The lowest BCUT2D eigenvalue weighted by Gasteiger charge is -2.28. The van der Waals surface area contributed by atoms with Crippen molar-refractivity contribution in [3.8, 4) is 0 Å². The van der Waals surface area contributed by atoms with Gasteiger partial charge in [-0.15, -0.1) is 0 Å². The molecule has 1 aliphatic rings. The van der Waals surface area contributed by atoms with Gasteiger partial charge in [0.1, 0.15) is 5.69 Å². The van der Waals surface area contributed by atoms with Gasteiger partial charge >= 0.3 is 12.1 Å². The standard InChI is InChI=1S/C14H11F3N4O3/c15-14(16,17)8-3-7-6-21(2-1-9(7)18-5-8)12(22)10-4-11(13(23)24)20-19-10/h3-5H,1-2,6H2,(H,19,20)(H,23,24). The molecule has 0 aliphatic carbocycles. The number of aromatic carboxylic acids is 1. The van der Waals surface area contributed by atoms with E-state index in [0.717, 1.165) is 18.3 Å². The molecular formula is C14H11F3N4O3. The minimum absolute atomic E-state index is 0.0413. The second-order valence-corrected chi connectivity index (χ2v) is 5.28. The first-order chi connectivity index (χ1) is 11.3. The van der Waals surface area contributed by atoms with Crippen molar-refractivity contribution in [2.24, 2.45) is 0 Å². The van der Waals surface area contributed by atoms with Gasteiger partial charge in [-0.2, -0.15) is 18.3 Å². The molecule has 0 fully saturated rings. The van der Waals surface area contributed by atoms with Crippen LogP contribution in [0, 0.1) is 0 Å². The Balaban J connectivity index is 1.83. The summed E-state index contributed by atoms with van der Waals surface area (Å²) in [5.41, 5.74) is -0.380. The first-order valence-corrected chi connectivity index (χ1v) is 6.88. The number of hydrogen-bond donors (Lipinski definition) is 2. The molecule has 0 aromatic carbocycles. The van der Waals surface area contributed by atoms with Crippen molar-refractivity contribution in [3.63, 3.8) is 0 Å². The molecule has 3 rings (SSSR count). The summed E-state index contributed by atoms with van der Waals surface area (Å²) < 4.78 is 38.3. The van der Waals surface area contributed by atoms with Gasteiger partial charge in [0.2, 0.25) is 0 Å².